The Morgan fingerprint density at radius 1 is 1.67 bits per heavy atom. The highest BCUT2D eigenvalue weighted by atomic mass is 35.5. The predicted octanol–water partition coefficient (Wildman–Crippen LogP) is 1.52. The number of oxazole rings is 1. The van der Waals surface area contributed by atoms with Gasteiger partial charge in [-0.05, 0) is 6.92 Å². The van der Waals surface area contributed by atoms with Crippen LogP contribution >= 0.6 is 11.6 Å². The molecule has 0 bridgehead atoms. The van der Waals surface area contributed by atoms with Crippen molar-refractivity contribution < 1.29 is 14.3 Å². The van der Waals surface area contributed by atoms with Crippen LogP contribution in [-0.2, 0) is 0 Å². The molecule has 2 rings (SSSR count). The number of carboxylic acid groups (broad SMARTS) is 1. The van der Waals surface area contributed by atoms with E-state index in [9.17, 15) is 4.79 Å². The van der Waals surface area contributed by atoms with Crippen molar-refractivity contribution in [1.29, 1.82) is 0 Å². The van der Waals surface area contributed by atoms with Gasteiger partial charge in [0.15, 0.2) is 5.69 Å². The number of aromatic carboxylic acids is 1. The maximum Gasteiger partial charge on any atom is 0.357 e. The highest BCUT2D eigenvalue weighted by Gasteiger charge is 2.13. The smallest absolute Gasteiger partial charge is 0.357 e. The van der Waals surface area contributed by atoms with Crippen molar-refractivity contribution in [2.45, 2.75) is 6.92 Å². The van der Waals surface area contributed by atoms with Crippen molar-refractivity contribution in [2.24, 2.45) is 0 Å². The van der Waals surface area contributed by atoms with Gasteiger partial charge in [-0.25, -0.2) is 4.79 Å². The van der Waals surface area contributed by atoms with Crippen molar-refractivity contribution in [3.05, 3.63) is 28.9 Å². The number of hydrogen-bond acceptors (Lipinski definition) is 4. The molecule has 78 valence electrons. The van der Waals surface area contributed by atoms with E-state index in [1.165, 1.54) is 10.9 Å². The molecule has 0 saturated heterocycles. The summed E-state index contributed by atoms with van der Waals surface area (Å²) in [5, 5.41) is 13.1. The summed E-state index contributed by atoms with van der Waals surface area (Å²) in [5.41, 5.74) is 0.445. The molecule has 0 amide bonds. The Labute approximate surface area is 89.1 Å². The van der Waals surface area contributed by atoms with E-state index >= 15 is 0 Å². The monoisotopic (exact) mass is 227 g/mol. The molecule has 0 atom stereocenters. The van der Waals surface area contributed by atoms with Gasteiger partial charge in [0.05, 0.1) is 16.9 Å². The molecule has 0 aromatic carbocycles. The fraction of sp³-hybridized carbons (Fsp3) is 0.125. The summed E-state index contributed by atoms with van der Waals surface area (Å²) in [4.78, 5) is 14.2. The zero-order chi connectivity index (χ0) is 11.0. The van der Waals surface area contributed by atoms with Crippen LogP contribution in [0.15, 0.2) is 16.9 Å². The Bertz CT molecular complexity index is 497. The average Bonchev–Trinajstić information content (AvgIpc) is 2.74. The molecule has 0 aliphatic rings. The first-order valence-corrected chi connectivity index (χ1v) is 4.36. The highest BCUT2D eigenvalue weighted by Crippen LogP contribution is 2.15. The molecule has 7 heteroatoms. The van der Waals surface area contributed by atoms with Crippen LogP contribution in [0, 0.1) is 6.92 Å². The van der Waals surface area contributed by atoms with Crippen LogP contribution in [0.4, 0.5) is 0 Å². The molecule has 15 heavy (non-hydrogen) atoms. The van der Waals surface area contributed by atoms with Gasteiger partial charge in [0.2, 0.25) is 0 Å². The highest BCUT2D eigenvalue weighted by molar-refractivity contribution is 6.31. The number of carbonyl (C=O) groups is 1. The second kappa shape index (κ2) is 3.39. The number of carboxylic acids is 1. The quantitative estimate of drug-likeness (QED) is 0.841. The van der Waals surface area contributed by atoms with Gasteiger partial charge in [0.25, 0.3) is 0 Å². The van der Waals surface area contributed by atoms with Crippen LogP contribution in [0.3, 0.4) is 0 Å². The molecule has 0 saturated carbocycles. The van der Waals surface area contributed by atoms with E-state index in [-0.39, 0.29) is 11.7 Å². The number of hydrogen-bond donors (Lipinski definition) is 1. The largest absolute Gasteiger partial charge is 0.476 e. The van der Waals surface area contributed by atoms with Crippen molar-refractivity contribution in [2.75, 3.05) is 0 Å². The Morgan fingerprint density at radius 3 is 2.87 bits per heavy atom. The lowest BCUT2D eigenvalue weighted by atomic mass is 10.5. The van der Waals surface area contributed by atoms with Crippen LogP contribution in [0.5, 0.6) is 0 Å². The van der Waals surface area contributed by atoms with Crippen molar-refractivity contribution in [3.63, 3.8) is 0 Å². The molecule has 0 aliphatic heterocycles. The lowest BCUT2D eigenvalue weighted by Crippen LogP contribution is -1.99. The molecular formula is C8H6ClN3O3. The van der Waals surface area contributed by atoms with Gasteiger partial charge in [-0.1, -0.05) is 11.6 Å². The third-order valence-corrected chi connectivity index (χ3v) is 2.12. The van der Waals surface area contributed by atoms with E-state index in [1.807, 2.05) is 0 Å². The summed E-state index contributed by atoms with van der Waals surface area (Å²) in [6, 6.07) is 0.0717. The zero-order valence-corrected chi connectivity index (χ0v) is 8.39. The van der Waals surface area contributed by atoms with Crippen LogP contribution in [0.1, 0.15) is 16.2 Å². The van der Waals surface area contributed by atoms with E-state index in [4.69, 9.17) is 21.1 Å². The molecule has 6 nitrogen and oxygen atoms in total. The van der Waals surface area contributed by atoms with Crippen LogP contribution in [-0.4, -0.2) is 25.8 Å². The van der Waals surface area contributed by atoms with Gasteiger partial charge in [-0.2, -0.15) is 14.8 Å². The first-order chi connectivity index (χ1) is 7.08. The van der Waals surface area contributed by atoms with Crippen LogP contribution in [0.2, 0.25) is 5.02 Å². The summed E-state index contributed by atoms with van der Waals surface area (Å²) in [6.07, 6.45) is 2.54. The fourth-order valence-electron chi connectivity index (χ4n) is 1.00. The molecule has 1 N–H and O–H groups in total. The number of aryl methyl sites for hydroxylation is 1. The normalized spacial score (nSPS) is 10.5. The second-order valence-electron chi connectivity index (χ2n) is 2.83. The molecular weight excluding hydrogens is 222 g/mol. The Morgan fingerprint density at radius 2 is 2.40 bits per heavy atom. The molecule has 0 spiro atoms. The summed E-state index contributed by atoms with van der Waals surface area (Å²) in [7, 11) is 0. The summed E-state index contributed by atoms with van der Waals surface area (Å²) in [6.45, 7) is 1.72. The standard InChI is InChI=1S/C8H6ClN3O3/c1-4-5(9)2-12(11-4)8-10-6(3-15-8)7(13)14/h2-3H,1H3,(H,13,14). The van der Waals surface area contributed by atoms with Gasteiger partial charge in [0.1, 0.15) is 6.26 Å². The predicted molar refractivity (Wildman–Crippen MR) is 50.3 cm³/mol. The zero-order valence-electron chi connectivity index (χ0n) is 7.64. The maximum absolute atomic E-state index is 10.5. The van der Waals surface area contributed by atoms with Crippen molar-refractivity contribution >= 4 is 17.6 Å². The minimum atomic E-state index is -1.15. The first-order valence-electron chi connectivity index (χ1n) is 3.99. The first kappa shape index (κ1) is 9.72. The van der Waals surface area contributed by atoms with Gasteiger partial charge in [0, 0.05) is 0 Å². The summed E-state index contributed by atoms with van der Waals surface area (Å²) < 4.78 is 6.21. The number of aromatic nitrogens is 3. The molecule has 0 fully saturated rings. The number of rotatable bonds is 2. The third kappa shape index (κ3) is 1.71. The molecule has 2 heterocycles. The molecule has 0 radical (unpaired) electrons. The van der Waals surface area contributed by atoms with Crippen molar-refractivity contribution in [3.8, 4) is 6.01 Å². The lowest BCUT2D eigenvalue weighted by Gasteiger charge is -1.90. The topological polar surface area (TPSA) is 81.2 Å². The molecule has 0 aliphatic carbocycles. The lowest BCUT2D eigenvalue weighted by molar-refractivity contribution is 0.0690. The van der Waals surface area contributed by atoms with Crippen molar-refractivity contribution in [1.82, 2.24) is 14.8 Å². The fourth-order valence-corrected chi connectivity index (χ4v) is 1.13. The van der Waals surface area contributed by atoms with E-state index in [2.05, 4.69) is 10.1 Å². The van der Waals surface area contributed by atoms with Gasteiger partial charge in [-0.15, -0.1) is 0 Å². The number of nitrogens with zero attached hydrogens (tertiary/aromatic N) is 3. The molecule has 2 aromatic heterocycles. The average molecular weight is 228 g/mol. The maximum atomic E-state index is 10.5. The molecule has 2 aromatic rings. The van der Waals surface area contributed by atoms with Gasteiger partial charge >= 0.3 is 12.0 Å². The summed E-state index contributed by atoms with van der Waals surface area (Å²) >= 11 is 5.78. The summed E-state index contributed by atoms with van der Waals surface area (Å²) in [5.74, 6) is -1.15. The van der Waals surface area contributed by atoms with E-state index in [1.54, 1.807) is 6.92 Å². The third-order valence-electron chi connectivity index (χ3n) is 1.75. The Balaban J connectivity index is 2.41. The van der Waals surface area contributed by atoms with Gasteiger partial charge < -0.3 is 9.52 Å². The second-order valence-corrected chi connectivity index (χ2v) is 3.23. The Kier molecular flexibility index (Phi) is 2.20. The SMILES string of the molecule is Cc1nn(-c2nc(C(=O)O)co2)cc1Cl. The van der Waals surface area contributed by atoms with E-state index in [0.29, 0.717) is 10.7 Å². The van der Waals surface area contributed by atoms with E-state index < -0.39 is 5.97 Å². The minimum absolute atomic E-state index is 0.0717. The van der Waals surface area contributed by atoms with E-state index in [0.717, 1.165) is 6.26 Å². The van der Waals surface area contributed by atoms with Crippen LogP contribution < -0.4 is 0 Å². The Hall–Kier alpha value is -1.82. The number of halogens is 1. The van der Waals surface area contributed by atoms with Crippen LogP contribution in [0.25, 0.3) is 6.01 Å². The van der Waals surface area contributed by atoms with Gasteiger partial charge in [-0.3, -0.25) is 0 Å². The molecule has 0 unspecified atom stereocenters. The minimum Gasteiger partial charge on any atom is -0.476 e.